The van der Waals surface area contributed by atoms with Gasteiger partial charge in [-0.1, -0.05) is 12.1 Å². The number of aliphatic hydroxyl groups is 1. The molecule has 2 aromatic rings. The van der Waals surface area contributed by atoms with Crippen molar-refractivity contribution in [3.8, 4) is 11.5 Å². The fourth-order valence-corrected chi connectivity index (χ4v) is 1.62. The van der Waals surface area contributed by atoms with Gasteiger partial charge in [-0.25, -0.2) is 0 Å². The Kier molecular flexibility index (Phi) is 6.62. The van der Waals surface area contributed by atoms with Crippen LogP contribution in [0, 0.1) is 0 Å². The van der Waals surface area contributed by atoms with Crippen LogP contribution in [-0.4, -0.2) is 33.5 Å². The van der Waals surface area contributed by atoms with Gasteiger partial charge < -0.3 is 15.3 Å². The number of carbonyl (C=O) groups is 1. The van der Waals surface area contributed by atoms with Crippen molar-refractivity contribution in [2.45, 2.75) is 18.5 Å². The van der Waals surface area contributed by atoms with Crippen molar-refractivity contribution in [1.29, 1.82) is 0 Å². The third kappa shape index (κ3) is 6.28. The first kappa shape index (κ1) is 21.3. The Balaban J connectivity index is 0.000000260. The number of ketones is 1. The van der Waals surface area contributed by atoms with Crippen molar-refractivity contribution in [1.82, 2.24) is 0 Å². The molecule has 4 nitrogen and oxygen atoms in total. The van der Waals surface area contributed by atoms with E-state index in [-0.39, 0.29) is 17.1 Å². The number of aromatic hydroxyl groups is 2. The van der Waals surface area contributed by atoms with Crippen LogP contribution >= 0.6 is 0 Å². The number of phenols is 2. The number of hydrogen-bond donors (Lipinski definition) is 3. The van der Waals surface area contributed by atoms with Crippen molar-refractivity contribution in [3.05, 3.63) is 59.7 Å². The van der Waals surface area contributed by atoms with E-state index in [1.807, 2.05) is 0 Å². The summed E-state index contributed by atoms with van der Waals surface area (Å²) in [5.74, 6) is -2.23. The topological polar surface area (TPSA) is 77.8 Å². The Morgan fingerprint density at radius 1 is 0.769 bits per heavy atom. The Labute approximate surface area is 142 Å². The van der Waals surface area contributed by atoms with E-state index in [0.717, 1.165) is 48.5 Å². The summed E-state index contributed by atoms with van der Waals surface area (Å²) in [7, 11) is 0. The average Bonchev–Trinajstić information content (AvgIpc) is 2.54. The highest BCUT2D eigenvalue weighted by atomic mass is 19.4. The van der Waals surface area contributed by atoms with Gasteiger partial charge in [0.25, 0.3) is 5.78 Å². The van der Waals surface area contributed by atoms with Gasteiger partial charge in [-0.05, 0) is 42.0 Å². The molecule has 2 rings (SSSR count). The predicted molar refractivity (Wildman–Crippen MR) is 77.6 cm³/mol. The Bertz CT molecular complexity index is 720. The summed E-state index contributed by atoms with van der Waals surface area (Å²) in [6, 6.07) is 8.11. The van der Waals surface area contributed by atoms with E-state index in [9.17, 15) is 31.1 Å². The van der Waals surface area contributed by atoms with E-state index in [1.54, 1.807) is 0 Å². The summed E-state index contributed by atoms with van der Waals surface area (Å²) in [6.07, 6.45) is -12.0. The molecule has 0 aliphatic heterocycles. The second kappa shape index (κ2) is 8.09. The maximum Gasteiger partial charge on any atom is 0.454 e. The number of phenolic OH excluding ortho intramolecular Hbond substituents is 2. The Morgan fingerprint density at radius 3 is 1.50 bits per heavy atom. The van der Waals surface area contributed by atoms with Crippen LogP contribution < -0.4 is 0 Å². The highest BCUT2D eigenvalue weighted by Gasteiger charge is 2.39. The fourth-order valence-electron chi connectivity index (χ4n) is 1.62. The van der Waals surface area contributed by atoms with E-state index < -0.39 is 29.8 Å². The average molecular weight is 382 g/mol. The minimum atomic E-state index is -4.86. The molecule has 3 N–H and O–H groups in total. The van der Waals surface area contributed by atoms with Crippen LogP contribution in [0.4, 0.5) is 26.3 Å². The molecule has 0 amide bonds. The van der Waals surface area contributed by atoms with Gasteiger partial charge in [-0.2, -0.15) is 26.3 Å². The van der Waals surface area contributed by atoms with Crippen LogP contribution in [0.15, 0.2) is 48.5 Å². The lowest BCUT2D eigenvalue weighted by Crippen LogP contribution is -2.22. The molecule has 0 heterocycles. The molecular weight excluding hydrogens is 370 g/mol. The number of halogens is 6. The normalized spacial score (nSPS) is 12.7. The molecule has 0 radical (unpaired) electrons. The van der Waals surface area contributed by atoms with Crippen molar-refractivity contribution in [2.75, 3.05) is 0 Å². The SMILES string of the molecule is O=C(c1ccc(O)cc1)C(F)(F)F.Oc1ccc(C(O)C(F)(F)F)cc1. The summed E-state index contributed by atoms with van der Waals surface area (Å²) in [5, 5.41) is 26.3. The first-order chi connectivity index (χ1) is 11.8. The van der Waals surface area contributed by atoms with Crippen molar-refractivity contribution in [3.63, 3.8) is 0 Å². The second-order valence-corrected chi connectivity index (χ2v) is 4.91. The zero-order chi connectivity index (χ0) is 20.1. The number of benzene rings is 2. The second-order valence-electron chi connectivity index (χ2n) is 4.91. The fraction of sp³-hybridized carbons (Fsp3) is 0.188. The molecule has 0 fully saturated rings. The highest BCUT2D eigenvalue weighted by Crippen LogP contribution is 2.32. The Morgan fingerprint density at radius 2 is 1.15 bits per heavy atom. The van der Waals surface area contributed by atoms with Crippen molar-refractivity contribution >= 4 is 5.78 Å². The van der Waals surface area contributed by atoms with Crippen LogP contribution in [0.5, 0.6) is 11.5 Å². The smallest absolute Gasteiger partial charge is 0.454 e. The third-order valence-electron chi connectivity index (χ3n) is 2.91. The van der Waals surface area contributed by atoms with Crippen LogP contribution in [0.25, 0.3) is 0 Å². The molecule has 142 valence electrons. The zero-order valence-corrected chi connectivity index (χ0v) is 12.7. The molecular formula is C16H12F6O4. The molecule has 10 heteroatoms. The van der Waals surface area contributed by atoms with Gasteiger partial charge in [0.15, 0.2) is 6.10 Å². The standard InChI is InChI=1S/C8H7F3O2.C8H5F3O2/c2*9-8(10,11)7(13)5-1-3-6(12)4-2-5/h1-4,7,12-13H;1-4,12H. The minimum absolute atomic E-state index is 0.141. The third-order valence-corrected chi connectivity index (χ3v) is 2.91. The van der Waals surface area contributed by atoms with Gasteiger partial charge in [0.1, 0.15) is 11.5 Å². The van der Waals surface area contributed by atoms with Crippen LogP contribution in [-0.2, 0) is 0 Å². The Hall–Kier alpha value is -2.75. The molecule has 1 atom stereocenters. The van der Waals surface area contributed by atoms with Gasteiger partial charge >= 0.3 is 12.4 Å². The summed E-state index contributed by atoms with van der Waals surface area (Å²) < 4.78 is 71.2. The molecule has 26 heavy (non-hydrogen) atoms. The minimum Gasteiger partial charge on any atom is -0.508 e. The molecule has 0 bridgehead atoms. The lowest BCUT2D eigenvalue weighted by atomic mass is 10.1. The first-order valence-electron chi connectivity index (χ1n) is 6.76. The molecule has 0 saturated heterocycles. The first-order valence-corrected chi connectivity index (χ1v) is 6.76. The number of aliphatic hydroxyl groups excluding tert-OH is 1. The van der Waals surface area contributed by atoms with E-state index in [2.05, 4.69) is 0 Å². The molecule has 0 aliphatic carbocycles. The number of alkyl halides is 6. The number of rotatable bonds is 2. The summed E-state index contributed by atoms with van der Waals surface area (Å²) in [5.41, 5.74) is -0.768. The maximum atomic E-state index is 11.9. The van der Waals surface area contributed by atoms with Crippen LogP contribution in [0.3, 0.4) is 0 Å². The number of Topliss-reactive ketones (excluding diaryl/α,β-unsaturated/α-hetero) is 1. The quantitative estimate of drug-likeness (QED) is 0.539. The van der Waals surface area contributed by atoms with E-state index in [0.29, 0.717) is 0 Å². The monoisotopic (exact) mass is 382 g/mol. The van der Waals surface area contributed by atoms with Gasteiger partial charge in [-0.15, -0.1) is 0 Å². The summed E-state index contributed by atoms with van der Waals surface area (Å²) in [4.78, 5) is 10.6. The largest absolute Gasteiger partial charge is 0.508 e. The summed E-state index contributed by atoms with van der Waals surface area (Å²) >= 11 is 0. The van der Waals surface area contributed by atoms with E-state index >= 15 is 0 Å². The predicted octanol–water partition coefficient (Wildman–Crippen LogP) is 4.13. The molecule has 0 spiro atoms. The van der Waals surface area contributed by atoms with Crippen LogP contribution in [0.1, 0.15) is 22.0 Å². The molecule has 2 aromatic carbocycles. The summed E-state index contributed by atoms with van der Waals surface area (Å²) in [6.45, 7) is 0. The van der Waals surface area contributed by atoms with Gasteiger partial charge in [0, 0.05) is 5.56 Å². The highest BCUT2D eigenvalue weighted by molar-refractivity contribution is 6.00. The molecule has 0 aliphatic rings. The van der Waals surface area contributed by atoms with Gasteiger partial charge in [0.2, 0.25) is 0 Å². The molecule has 0 saturated carbocycles. The molecule has 1 unspecified atom stereocenters. The lowest BCUT2D eigenvalue weighted by Gasteiger charge is -2.14. The van der Waals surface area contributed by atoms with E-state index in [1.165, 1.54) is 0 Å². The van der Waals surface area contributed by atoms with Gasteiger partial charge in [-0.3, -0.25) is 4.79 Å². The van der Waals surface area contributed by atoms with Gasteiger partial charge in [0.05, 0.1) is 0 Å². The van der Waals surface area contributed by atoms with Crippen molar-refractivity contribution < 1.29 is 46.5 Å². The number of carbonyl (C=O) groups excluding carboxylic acids is 1. The van der Waals surface area contributed by atoms with Crippen LogP contribution in [0.2, 0.25) is 0 Å². The molecule has 0 aromatic heterocycles. The maximum absolute atomic E-state index is 11.9. The van der Waals surface area contributed by atoms with Crippen molar-refractivity contribution in [2.24, 2.45) is 0 Å². The number of hydrogen-bond acceptors (Lipinski definition) is 4. The zero-order valence-electron chi connectivity index (χ0n) is 12.7. The van der Waals surface area contributed by atoms with E-state index in [4.69, 9.17) is 15.3 Å². The lowest BCUT2D eigenvalue weighted by molar-refractivity contribution is -0.206.